The zero-order chi connectivity index (χ0) is 13.9. The van der Waals surface area contributed by atoms with Gasteiger partial charge in [-0.2, -0.15) is 0 Å². The van der Waals surface area contributed by atoms with E-state index in [4.69, 9.17) is 4.98 Å². The Hall–Kier alpha value is -1.61. The van der Waals surface area contributed by atoms with E-state index >= 15 is 0 Å². The van der Waals surface area contributed by atoms with E-state index in [0.717, 1.165) is 41.3 Å². The van der Waals surface area contributed by atoms with E-state index < -0.39 is 0 Å². The summed E-state index contributed by atoms with van der Waals surface area (Å²) in [6.45, 7) is 4.30. The highest BCUT2D eigenvalue weighted by Gasteiger charge is 2.21. The molecule has 0 spiro atoms. The maximum absolute atomic E-state index is 9.61. The summed E-state index contributed by atoms with van der Waals surface area (Å²) in [4.78, 5) is 7.12. The molecule has 20 heavy (non-hydrogen) atoms. The zero-order valence-electron chi connectivity index (χ0n) is 12.0. The molecule has 0 atom stereocenters. The van der Waals surface area contributed by atoms with Gasteiger partial charge in [-0.15, -0.1) is 0 Å². The van der Waals surface area contributed by atoms with Crippen molar-refractivity contribution in [3.05, 3.63) is 35.9 Å². The van der Waals surface area contributed by atoms with E-state index in [1.54, 1.807) is 0 Å². The second-order valence-corrected chi connectivity index (χ2v) is 5.65. The summed E-state index contributed by atoms with van der Waals surface area (Å²) < 4.78 is 0. The Morgan fingerprint density at radius 1 is 1.30 bits per heavy atom. The van der Waals surface area contributed by atoms with Crippen LogP contribution < -0.4 is 4.90 Å². The van der Waals surface area contributed by atoms with Gasteiger partial charge in [0.1, 0.15) is 5.82 Å². The number of fused-ring (bicyclic) bond motifs is 1. The minimum absolute atomic E-state index is 0.0665. The molecular formula is C17H22N2O. The summed E-state index contributed by atoms with van der Waals surface area (Å²) in [5, 5.41) is 10.7. The van der Waals surface area contributed by atoms with Crippen molar-refractivity contribution in [3.63, 3.8) is 0 Å². The second kappa shape index (κ2) is 5.80. The Morgan fingerprint density at radius 2 is 2.10 bits per heavy atom. The third-order valence-corrected chi connectivity index (χ3v) is 4.37. The molecule has 0 aliphatic heterocycles. The Bertz CT molecular complexity index is 593. The molecule has 0 radical (unpaired) electrons. The molecule has 1 saturated carbocycles. The van der Waals surface area contributed by atoms with Crippen molar-refractivity contribution in [2.75, 3.05) is 18.0 Å². The van der Waals surface area contributed by atoms with Crippen molar-refractivity contribution in [1.82, 2.24) is 4.98 Å². The topological polar surface area (TPSA) is 36.4 Å². The summed E-state index contributed by atoms with van der Waals surface area (Å²) >= 11 is 0. The van der Waals surface area contributed by atoms with Gasteiger partial charge >= 0.3 is 0 Å². The SMILES string of the molecule is CCN(CC1CCC1)c1cc(CO)c2ccccc2n1. The quantitative estimate of drug-likeness (QED) is 0.905. The molecule has 1 aliphatic rings. The Balaban J connectivity index is 1.96. The van der Waals surface area contributed by atoms with Gasteiger partial charge in [0, 0.05) is 18.5 Å². The van der Waals surface area contributed by atoms with Crippen molar-refractivity contribution >= 4 is 16.7 Å². The molecular weight excluding hydrogens is 248 g/mol. The molecule has 1 aromatic heterocycles. The molecule has 3 rings (SSSR count). The van der Waals surface area contributed by atoms with Crippen LogP contribution in [-0.4, -0.2) is 23.2 Å². The molecule has 1 N–H and O–H groups in total. The van der Waals surface area contributed by atoms with E-state index in [1.165, 1.54) is 19.3 Å². The van der Waals surface area contributed by atoms with Crippen molar-refractivity contribution in [1.29, 1.82) is 0 Å². The molecule has 3 nitrogen and oxygen atoms in total. The third-order valence-electron chi connectivity index (χ3n) is 4.37. The molecule has 1 aromatic carbocycles. The standard InChI is InChI=1S/C17H22N2O/c1-2-19(11-13-6-5-7-13)17-10-14(12-20)15-8-3-4-9-16(15)18-17/h3-4,8-10,13,20H,2,5-7,11-12H2,1H3. The first kappa shape index (κ1) is 13.4. The van der Waals surface area contributed by atoms with Crippen LogP contribution in [-0.2, 0) is 6.61 Å². The van der Waals surface area contributed by atoms with Crippen LogP contribution >= 0.6 is 0 Å². The minimum Gasteiger partial charge on any atom is -0.392 e. The lowest BCUT2D eigenvalue weighted by atomic mass is 9.85. The number of aromatic nitrogens is 1. The maximum atomic E-state index is 9.61. The molecule has 2 aromatic rings. The number of hydrogen-bond acceptors (Lipinski definition) is 3. The van der Waals surface area contributed by atoms with Gasteiger partial charge in [0.2, 0.25) is 0 Å². The van der Waals surface area contributed by atoms with Crippen LogP contribution in [0.25, 0.3) is 10.9 Å². The lowest BCUT2D eigenvalue weighted by molar-refractivity contribution is 0.283. The van der Waals surface area contributed by atoms with Gasteiger partial charge in [-0.1, -0.05) is 24.6 Å². The van der Waals surface area contributed by atoms with Crippen LogP contribution in [0, 0.1) is 5.92 Å². The lowest BCUT2D eigenvalue weighted by Gasteiger charge is -2.32. The number of hydrogen-bond donors (Lipinski definition) is 1. The first-order valence-electron chi connectivity index (χ1n) is 7.56. The number of nitrogens with zero attached hydrogens (tertiary/aromatic N) is 2. The van der Waals surface area contributed by atoms with E-state index in [2.05, 4.69) is 11.8 Å². The molecule has 1 fully saturated rings. The fraction of sp³-hybridized carbons (Fsp3) is 0.471. The first-order chi connectivity index (χ1) is 9.81. The molecule has 0 saturated heterocycles. The second-order valence-electron chi connectivity index (χ2n) is 5.65. The predicted octanol–water partition coefficient (Wildman–Crippen LogP) is 3.35. The Kier molecular flexibility index (Phi) is 3.88. The molecule has 1 heterocycles. The fourth-order valence-corrected chi connectivity index (χ4v) is 2.90. The largest absolute Gasteiger partial charge is 0.392 e. The van der Waals surface area contributed by atoms with Crippen LogP contribution in [0.15, 0.2) is 30.3 Å². The number of pyridine rings is 1. The molecule has 0 unspecified atom stereocenters. The summed E-state index contributed by atoms with van der Waals surface area (Å²) in [6.07, 6.45) is 4.06. The van der Waals surface area contributed by atoms with Gasteiger partial charge in [-0.3, -0.25) is 0 Å². The first-order valence-corrected chi connectivity index (χ1v) is 7.56. The molecule has 0 bridgehead atoms. The molecule has 106 valence electrons. The average Bonchev–Trinajstić information content (AvgIpc) is 2.45. The number of aliphatic hydroxyl groups is 1. The highest BCUT2D eigenvalue weighted by Crippen LogP contribution is 2.29. The Morgan fingerprint density at radius 3 is 2.75 bits per heavy atom. The number of rotatable bonds is 5. The fourth-order valence-electron chi connectivity index (χ4n) is 2.90. The van der Waals surface area contributed by atoms with Crippen LogP contribution in [0.5, 0.6) is 0 Å². The average molecular weight is 270 g/mol. The van der Waals surface area contributed by atoms with Crippen molar-refractivity contribution in [2.24, 2.45) is 5.92 Å². The van der Waals surface area contributed by atoms with E-state index in [9.17, 15) is 5.11 Å². The molecule has 3 heteroatoms. The van der Waals surface area contributed by atoms with Crippen LogP contribution in [0.1, 0.15) is 31.7 Å². The highest BCUT2D eigenvalue weighted by atomic mass is 16.3. The molecule has 1 aliphatic carbocycles. The number of para-hydroxylation sites is 1. The number of benzene rings is 1. The Labute approximate surface area is 120 Å². The van der Waals surface area contributed by atoms with Crippen molar-refractivity contribution in [2.45, 2.75) is 32.8 Å². The monoisotopic (exact) mass is 270 g/mol. The van der Waals surface area contributed by atoms with Crippen LogP contribution in [0.2, 0.25) is 0 Å². The van der Waals surface area contributed by atoms with E-state index in [1.807, 2.05) is 30.3 Å². The van der Waals surface area contributed by atoms with Gasteiger partial charge in [-0.05, 0) is 43.4 Å². The highest BCUT2D eigenvalue weighted by molar-refractivity contribution is 5.84. The summed E-state index contributed by atoms with van der Waals surface area (Å²) in [7, 11) is 0. The van der Waals surface area contributed by atoms with E-state index in [0.29, 0.717) is 0 Å². The summed E-state index contributed by atoms with van der Waals surface area (Å²) in [5.41, 5.74) is 1.94. The number of aliphatic hydroxyl groups excluding tert-OH is 1. The maximum Gasteiger partial charge on any atom is 0.129 e. The molecule has 0 amide bonds. The van der Waals surface area contributed by atoms with Gasteiger partial charge < -0.3 is 10.0 Å². The zero-order valence-corrected chi connectivity index (χ0v) is 12.0. The lowest BCUT2D eigenvalue weighted by Crippen LogP contribution is -2.33. The van der Waals surface area contributed by atoms with Gasteiger partial charge in [0.05, 0.1) is 12.1 Å². The van der Waals surface area contributed by atoms with Gasteiger partial charge in [-0.25, -0.2) is 4.98 Å². The van der Waals surface area contributed by atoms with Crippen molar-refractivity contribution < 1.29 is 5.11 Å². The summed E-state index contributed by atoms with van der Waals surface area (Å²) in [5.74, 6) is 1.82. The summed E-state index contributed by atoms with van der Waals surface area (Å²) in [6, 6.07) is 10.1. The van der Waals surface area contributed by atoms with Gasteiger partial charge in [0.15, 0.2) is 0 Å². The van der Waals surface area contributed by atoms with E-state index in [-0.39, 0.29) is 6.61 Å². The third kappa shape index (κ3) is 2.50. The van der Waals surface area contributed by atoms with Gasteiger partial charge in [0.25, 0.3) is 0 Å². The predicted molar refractivity (Wildman–Crippen MR) is 82.9 cm³/mol. The van der Waals surface area contributed by atoms with Crippen LogP contribution in [0.3, 0.4) is 0 Å². The normalized spacial score (nSPS) is 15.3. The van der Waals surface area contributed by atoms with Crippen LogP contribution in [0.4, 0.5) is 5.82 Å². The number of anilines is 1. The van der Waals surface area contributed by atoms with Crippen molar-refractivity contribution in [3.8, 4) is 0 Å². The smallest absolute Gasteiger partial charge is 0.129 e. The minimum atomic E-state index is 0.0665.